The highest BCUT2D eigenvalue weighted by atomic mass is 16.2. The van der Waals surface area contributed by atoms with E-state index < -0.39 is 0 Å². The van der Waals surface area contributed by atoms with Crippen LogP contribution < -0.4 is 10.2 Å². The topological polar surface area (TPSA) is 65.5 Å². The van der Waals surface area contributed by atoms with Crippen molar-refractivity contribution in [2.75, 3.05) is 18.0 Å². The van der Waals surface area contributed by atoms with Gasteiger partial charge in [0.2, 0.25) is 12.3 Å². The Labute approximate surface area is 171 Å². The van der Waals surface area contributed by atoms with Crippen molar-refractivity contribution >= 4 is 23.8 Å². The summed E-state index contributed by atoms with van der Waals surface area (Å²) in [5.41, 5.74) is 2.84. The predicted molar refractivity (Wildman–Crippen MR) is 113 cm³/mol. The number of piperidine rings is 1. The molecule has 0 spiro atoms. The summed E-state index contributed by atoms with van der Waals surface area (Å²) in [6.45, 7) is 4.57. The predicted octanol–water partition coefficient (Wildman–Crippen LogP) is 3.18. The summed E-state index contributed by atoms with van der Waals surface area (Å²) in [7, 11) is 0. The van der Waals surface area contributed by atoms with Gasteiger partial charge in [-0.25, -0.2) is 4.98 Å². The molecule has 1 N–H and O–H groups in total. The number of hydrogen-bond donors (Lipinski definition) is 1. The molecule has 2 fully saturated rings. The molecule has 6 heteroatoms. The molecular weight excluding hydrogens is 364 g/mol. The SMILES string of the molecule is Cc1cccc(N(C=O)c2cccc(CN3CCC(C(=O)NC4CC4)CC3)c2)n1. The van der Waals surface area contributed by atoms with E-state index in [0.717, 1.165) is 68.7 Å². The number of carbonyl (C=O) groups is 2. The maximum Gasteiger partial charge on any atom is 0.223 e. The largest absolute Gasteiger partial charge is 0.353 e. The van der Waals surface area contributed by atoms with Crippen molar-refractivity contribution in [3.63, 3.8) is 0 Å². The molecule has 4 rings (SSSR count). The van der Waals surface area contributed by atoms with Crippen LogP contribution in [0.5, 0.6) is 0 Å². The Balaban J connectivity index is 1.37. The van der Waals surface area contributed by atoms with E-state index in [1.165, 1.54) is 0 Å². The number of likely N-dealkylation sites (tertiary alicyclic amines) is 1. The van der Waals surface area contributed by atoms with E-state index in [4.69, 9.17) is 0 Å². The number of hydrogen-bond acceptors (Lipinski definition) is 4. The molecule has 1 aliphatic carbocycles. The van der Waals surface area contributed by atoms with Crippen LogP contribution in [0.4, 0.5) is 11.5 Å². The lowest BCUT2D eigenvalue weighted by Gasteiger charge is -2.31. The average Bonchev–Trinajstić information content (AvgIpc) is 3.53. The molecular formula is C23H28N4O2. The molecule has 0 atom stereocenters. The number of amides is 2. The van der Waals surface area contributed by atoms with Crippen LogP contribution in [-0.4, -0.2) is 41.3 Å². The molecule has 1 saturated carbocycles. The number of carbonyl (C=O) groups excluding carboxylic acids is 2. The van der Waals surface area contributed by atoms with Gasteiger partial charge in [0.15, 0.2) is 0 Å². The molecule has 2 aromatic rings. The lowest BCUT2D eigenvalue weighted by molar-refractivity contribution is -0.126. The summed E-state index contributed by atoms with van der Waals surface area (Å²) in [5, 5.41) is 3.13. The third kappa shape index (κ3) is 5.01. The summed E-state index contributed by atoms with van der Waals surface area (Å²) in [6.07, 6.45) is 4.90. The number of pyridine rings is 1. The second-order valence-electron chi connectivity index (χ2n) is 8.12. The minimum atomic E-state index is 0.149. The number of nitrogens with one attached hydrogen (secondary N) is 1. The molecule has 6 nitrogen and oxygen atoms in total. The van der Waals surface area contributed by atoms with Crippen LogP contribution in [0, 0.1) is 12.8 Å². The van der Waals surface area contributed by atoms with Crippen LogP contribution >= 0.6 is 0 Å². The first-order valence-corrected chi connectivity index (χ1v) is 10.4. The quantitative estimate of drug-likeness (QED) is 0.735. The van der Waals surface area contributed by atoms with Gasteiger partial charge in [0.05, 0.1) is 5.69 Å². The molecule has 1 aromatic heterocycles. The van der Waals surface area contributed by atoms with Gasteiger partial charge in [-0.15, -0.1) is 0 Å². The number of aryl methyl sites for hydroxylation is 1. The van der Waals surface area contributed by atoms with Crippen molar-refractivity contribution < 1.29 is 9.59 Å². The smallest absolute Gasteiger partial charge is 0.223 e. The third-order valence-electron chi connectivity index (χ3n) is 5.70. The standard InChI is InChI=1S/C23H28N4O2/c1-17-4-2-7-22(24-17)27(16-28)21-6-3-5-18(14-21)15-26-12-10-19(11-13-26)23(29)25-20-8-9-20/h2-7,14,16,19-20H,8-13,15H2,1H3,(H,25,29). The molecule has 2 amide bonds. The van der Waals surface area contributed by atoms with Gasteiger partial charge in [0.1, 0.15) is 5.82 Å². The molecule has 2 heterocycles. The Morgan fingerprint density at radius 3 is 2.62 bits per heavy atom. The number of anilines is 2. The van der Waals surface area contributed by atoms with Gasteiger partial charge >= 0.3 is 0 Å². The van der Waals surface area contributed by atoms with Crippen LogP contribution in [0.2, 0.25) is 0 Å². The van der Waals surface area contributed by atoms with Crippen molar-refractivity contribution in [2.45, 2.75) is 45.2 Å². The van der Waals surface area contributed by atoms with E-state index in [0.29, 0.717) is 11.9 Å². The van der Waals surface area contributed by atoms with Gasteiger partial charge in [-0.05, 0) is 75.5 Å². The van der Waals surface area contributed by atoms with E-state index in [1.54, 1.807) is 4.90 Å². The molecule has 29 heavy (non-hydrogen) atoms. The van der Waals surface area contributed by atoms with E-state index in [2.05, 4.69) is 21.3 Å². The Kier molecular flexibility index (Phi) is 5.90. The van der Waals surface area contributed by atoms with Crippen LogP contribution in [0.15, 0.2) is 42.5 Å². The van der Waals surface area contributed by atoms with E-state index in [1.807, 2.05) is 43.3 Å². The number of aromatic nitrogens is 1. The Morgan fingerprint density at radius 2 is 1.93 bits per heavy atom. The second-order valence-corrected chi connectivity index (χ2v) is 8.12. The summed E-state index contributed by atoms with van der Waals surface area (Å²) in [6, 6.07) is 14.1. The molecule has 0 radical (unpaired) electrons. The highest BCUT2D eigenvalue weighted by molar-refractivity contribution is 5.85. The van der Waals surface area contributed by atoms with E-state index in [-0.39, 0.29) is 11.8 Å². The van der Waals surface area contributed by atoms with Gasteiger partial charge in [0.25, 0.3) is 0 Å². The van der Waals surface area contributed by atoms with Crippen LogP contribution in [0.1, 0.15) is 36.9 Å². The zero-order valence-electron chi connectivity index (χ0n) is 16.9. The summed E-state index contributed by atoms with van der Waals surface area (Å²) < 4.78 is 0. The molecule has 152 valence electrons. The lowest BCUT2D eigenvalue weighted by atomic mass is 9.95. The van der Waals surface area contributed by atoms with Gasteiger partial charge in [0, 0.05) is 24.2 Å². The summed E-state index contributed by atoms with van der Waals surface area (Å²) in [4.78, 5) is 32.4. The van der Waals surface area contributed by atoms with Gasteiger partial charge in [-0.1, -0.05) is 18.2 Å². The zero-order chi connectivity index (χ0) is 20.2. The number of rotatable bonds is 7. The van der Waals surface area contributed by atoms with Crippen molar-refractivity contribution in [3.05, 3.63) is 53.7 Å². The fourth-order valence-electron chi connectivity index (χ4n) is 3.87. The maximum absolute atomic E-state index is 12.3. The van der Waals surface area contributed by atoms with Gasteiger partial charge < -0.3 is 5.32 Å². The highest BCUT2D eigenvalue weighted by Crippen LogP contribution is 2.26. The minimum absolute atomic E-state index is 0.149. The normalized spacial score (nSPS) is 17.7. The fourth-order valence-corrected chi connectivity index (χ4v) is 3.87. The van der Waals surface area contributed by atoms with E-state index >= 15 is 0 Å². The molecule has 2 aliphatic rings. The van der Waals surface area contributed by atoms with Crippen LogP contribution in [0.3, 0.4) is 0 Å². The Bertz CT molecular complexity index is 873. The van der Waals surface area contributed by atoms with Crippen LogP contribution in [-0.2, 0) is 16.1 Å². The van der Waals surface area contributed by atoms with Crippen molar-refractivity contribution in [1.29, 1.82) is 0 Å². The minimum Gasteiger partial charge on any atom is -0.353 e. The summed E-state index contributed by atoms with van der Waals surface area (Å²) in [5.74, 6) is 1.01. The Morgan fingerprint density at radius 1 is 1.17 bits per heavy atom. The molecule has 1 saturated heterocycles. The fraction of sp³-hybridized carbons (Fsp3) is 0.435. The lowest BCUT2D eigenvalue weighted by Crippen LogP contribution is -2.40. The Hall–Kier alpha value is -2.73. The first-order valence-electron chi connectivity index (χ1n) is 10.4. The molecule has 0 unspecified atom stereocenters. The second kappa shape index (κ2) is 8.74. The van der Waals surface area contributed by atoms with Gasteiger partial charge in [-0.2, -0.15) is 0 Å². The number of nitrogens with zero attached hydrogens (tertiary/aromatic N) is 3. The number of benzene rings is 1. The van der Waals surface area contributed by atoms with Crippen molar-refractivity contribution in [3.8, 4) is 0 Å². The van der Waals surface area contributed by atoms with Crippen LogP contribution in [0.25, 0.3) is 0 Å². The molecule has 0 bridgehead atoms. The first kappa shape index (κ1) is 19.6. The van der Waals surface area contributed by atoms with Crippen molar-refractivity contribution in [1.82, 2.24) is 15.2 Å². The third-order valence-corrected chi connectivity index (χ3v) is 5.70. The summed E-state index contributed by atoms with van der Waals surface area (Å²) >= 11 is 0. The molecule has 1 aromatic carbocycles. The van der Waals surface area contributed by atoms with E-state index in [9.17, 15) is 9.59 Å². The van der Waals surface area contributed by atoms with Gasteiger partial charge in [-0.3, -0.25) is 19.4 Å². The molecule has 1 aliphatic heterocycles. The highest BCUT2D eigenvalue weighted by Gasteiger charge is 2.29. The first-order chi connectivity index (χ1) is 14.1. The van der Waals surface area contributed by atoms with Crippen molar-refractivity contribution in [2.24, 2.45) is 5.92 Å². The monoisotopic (exact) mass is 392 g/mol. The maximum atomic E-state index is 12.3. The average molecular weight is 393 g/mol. The zero-order valence-corrected chi connectivity index (χ0v) is 16.9.